The monoisotopic (exact) mass is 590 g/mol. The van der Waals surface area contributed by atoms with Crippen LogP contribution in [0.1, 0.15) is 48.6 Å². The zero-order chi connectivity index (χ0) is 31.3. The largest absolute Gasteiger partial charge is 0.478 e. The van der Waals surface area contributed by atoms with E-state index in [1.807, 2.05) is 20.8 Å². The third-order valence-electron chi connectivity index (χ3n) is 6.09. The SMILES string of the molecule is CC(C)(C)c1ccc(N(Cc2ccc(/C=C/C=C/C(=O)O)cc2)C(=O)Nc2cc(C(F)(F)F)cc(C(F)(F)F)c2)cc1. The van der Waals surface area contributed by atoms with E-state index in [1.165, 1.54) is 17.1 Å². The Morgan fingerprint density at radius 1 is 0.786 bits per heavy atom. The van der Waals surface area contributed by atoms with E-state index >= 15 is 0 Å². The minimum atomic E-state index is -5.07. The molecule has 0 saturated heterocycles. The molecule has 3 aromatic rings. The smallest absolute Gasteiger partial charge is 0.416 e. The van der Waals surface area contributed by atoms with Gasteiger partial charge in [0.2, 0.25) is 0 Å². The molecule has 0 atom stereocenters. The number of halogens is 6. The molecular formula is C31H28F6N2O3. The fourth-order valence-corrected chi connectivity index (χ4v) is 3.86. The van der Waals surface area contributed by atoms with Crippen LogP contribution in [-0.2, 0) is 29.1 Å². The van der Waals surface area contributed by atoms with Crippen LogP contribution in [-0.4, -0.2) is 17.1 Å². The lowest BCUT2D eigenvalue weighted by atomic mass is 9.87. The van der Waals surface area contributed by atoms with E-state index in [9.17, 15) is 35.9 Å². The van der Waals surface area contributed by atoms with Crippen molar-refractivity contribution in [1.82, 2.24) is 0 Å². The highest BCUT2D eigenvalue weighted by Crippen LogP contribution is 2.38. The van der Waals surface area contributed by atoms with Crippen LogP contribution in [0.3, 0.4) is 0 Å². The molecule has 0 bridgehead atoms. The average molecular weight is 591 g/mol. The maximum absolute atomic E-state index is 13.4. The summed E-state index contributed by atoms with van der Waals surface area (Å²) >= 11 is 0. The zero-order valence-electron chi connectivity index (χ0n) is 22.8. The molecule has 3 aromatic carbocycles. The first-order valence-electron chi connectivity index (χ1n) is 12.6. The van der Waals surface area contributed by atoms with Gasteiger partial charge in [-0.2, -0.15) is 26.3 Å². The van der Waals surface area contributed by atoms with Crippen molar-refractivity contribution in [1.29, 1.82) is 0 Å². The number of nitrogens with zero attached hydrogens (tertiary/aromatic N) is 1. The summed E-state index contributed by atoms with van der Waals surface area (Å²) in [5, 5.41) is 10.9. The van der Waals surface area contributed by atoms with Crippen LogP contribution in [0, 0.1) is 0 Å². The Kier molecular flexibility index (Phi) is 9.55. The Bertz CT molecular complexity index is 1430. The number of hydrogen-bond acceptors (Lipinski definition) is 2. The number of carboxylic acid groups (broad SMARTS) is 1. The number of carbonyl (C=O) groups excluding carboxylic acids is 1. The van der Waals surface area contributed by atoms with Gasteiger partial charge >= 0.3 is 24.4 Å². The lowest BCUT2D eigenvalue weighted by Crippen LogP contribution is -2.34. The summed E-state index contributed by atoms with van der Waals surface area (Å²) in [7, 11) is 0. The second-order valence-corrected chi connectivity index (χ2v) is 10.4. The van der Waals surface area contributed by atoms with Crippen molar-refractivity contribution >= 4 is 29.5 Å². The maximum atomic E-state index is 13.4. The lowest BCUT2D eigenvalue weighted by molar-refractivity contribution is -0.143. The number of aliphatic carboxylic acids is 1. The Morgan fingerprint density at radius 3 is 1.81 bits per heavy atom. The van der Waals surface area contributed by atoms with E-state index in [4.69, 9.17) is 5.11 Å². The first kappa shape index (κ1) is 32.0. The molecule has 2 N–H and O–H groups in total. The van der Waals surface area contributed by atoms with Crippen molar-refractivity contribution in [3.05, 3.63) is 113 Å². The number of nitrogens with one attached hydrogen (secondary N) is 1. The summed E-state index contributed by atoms with van der Waals surface area (Å²) in [5.41, 5.74) is -1.30. The van der Waals surface area contributed by atoms with Crippen LogP contribution < -0.4 is 10.2 Å². The number of carbonyl (C=O) groups is 2. The van der Waals surface area contributed by atoms with Crippen molar-refractivity contribution in [2.45, 2.75) is 45.1 Å². The van der Waals surface area contributed by atoms with Crippen LogP contribution in [0.4, 0.5) is 42.5 Å². The molecule has 0 aliphatic carbocycles. The number of amides is 2. The van der Waals surface area contributed by atoms with Gasteiger partial charge in [-0.25, -0.2) is 9.59 Å². The molecule has 0 saturated carbocycles. The molecule has 0 aromatic heterocycles. The maximum Gasteiger partial charge on any atom is 0.416 e. The molecule has 0 radical (unpaired) electrons. The van der Waals surface area contributed by atoms with Crippen molar-refractivity contribution in [2.75, 3.05) is 10.2 Å². The highest BCUT2D eigenvalue weighted by molar-refractivity contribution is 6.01. The topological polar surface area (TPSA) is 69.6 Å². The third kappa shape index (κ3) is 8.98. The van der Waals surface area contributed by atoms with Gasteiger partial charge in [-0.3, -0.25) is 4.90 Å². The number of anilines is 2. The first-order valence-corrected chi connectivity index (χ1v) is 12.6. The van der Waals surface area contributed by atoms with Gasteiger partial charge in [0.15, 0.2) is 0 Å². The summed E-state index contributed by atoms with van der Waals surface area (Å²) in [4.78, 5) is 25.2. The fourth-order valence-electron chi connectivity index (χ4n) is 3.86. The summed E-state index contributed by atoms with van der Waals surface area (Å²) in [6.07, 6.45) is -4.63. The summed E-state index contributed by atoms with van der Waals surface area (Å²) in [6.45, 7) is 5.91. The number of allylic oxidation sites excluding steroid dienone is 2. The quantitative estimate of drug-likeness (QED) is 0.164. The number of alkyl halides is 6. The van der Waals surface area contributed by atoms with Crippen molar-refractivity contribution < 1.29 is 41.0 Å². The molecule has 0 heterocycles. The van der Waals surface area contributed by atoms with Crippen LogP contribution >= 0.6 is 0 Å². The van der Waals surface area contributed by atoms with Gasteiger partial charge in [0, 0.05) is 17.5 Å². The molecule has 2 amide bonds. The van der Waals surface area contributed by atoms with E-state index in [0.29, 0.717) is 23.4 Å². The predicted octanol–water partition coefficient (Wildman–Crippen LogP) is 8.91. The summed E-state index contributed by atoms with van der Waals surface area (Å²) in [6, 6.07) is 13.7. The Hall–Kier alpha value is -4.54. The molecule has 0 fully saturated rings. The second kappa shape index (κ2) is 12.5. The molecule has 0 unspecified atom stereocenters. The first-order chi connectivity index (χ1) is 19.4. The number of hydrogen-bond donors (Lipinski definition) is 2. The van der Waals surface area contributed by atoms with Gasteiger partial charge < -0.3 is 10.4 Å². The van der Waals surface area contributed by atoms with Gasteiger partial charge in [-0.15, -0.1) is 0 Å². The third-order valence-corrected chi connectivity index (χ3v) is 6.09. The molecule has 0 aliphatic heterocycles. The van der Waals surface area contributed by atoms with Crippen LogP contribution in [0.2, 0.25) is 0 Å². The molecule has 222 valence electrons. The standard InChI is InChI=1S/C31H28F6N2O3/c1-29(2,3)22-12-14-26(15-13-22)39(19-21-10-8-20(9-11-21)6-4-5-7-27(40)41)28(42)38-25-17-23(30(32,33)34)16-24(18-25)31(35,36)37/h4-18H,19H2,1-3H3,(H,38,42)(H,40,41)/b6-4+,7-5+. The Balaban J connectivity index is 1.96. The molecule has 5 nitrogen and oxygen atoms in total. The minimum Gasteiger partial charge on any atom is -0.478 e. The van der Waals surface area contributed by atoms with Crippen LogP contribution in [0.25, 0.3) is 6.08 Å². The lowest BCUT2D eigenvalue weighted by Gasteiger charge is -2.26. The predicted molar refractivity (Wildman–Crippen MR) is 149 cm³/mol. The zero-order valence-corrected chi connectivity index (χ0v) is 22.8. The molecular weight excluding hydrogens is 562 g/mol. The van der Waals surface area contributed by atoms with Crippen molar-refractivity contribution in [3.63, 3.8) is 0 Å². The van der Waals surface area contributed by atoms with Crippen LogP contribution in [0.5, 0.6) is 0 Å². The van der Waals surface area contributed by atoms with E-state index in [-0.39, 0.29) is 18.0 Å². The van der Waals surface area contributed by atoms with E-state index < -0.39 is 41.2 Å². The van der Waals surface area contributed by atoms with Crippen LogP contribution in [0.15, 0.2) is 85.0 Å². The molecule has 0 spiro atoms. The molecule has 42 heavy (non-hydrogen) atoms. The summed E-state index contributed by atoms with van der Waals surface area (Å²) in [5.74, 6) is -1.09. The van der Waals surface area contributed by atoms with Gasteiger partial charge in [-0.05, 0) is 52.4 Å². The van der Waals surface area contributed by atoms with E-state index in [1.54, 1.807) is 54.6 Å². The van der Waals surface area contributed by atoms with Crippen molar-refractivity contribution in [3.8, 4) is 0 Å². The van der Waals surface area contributed by atoms with Gasteiger partial charge in [0.05, 0.1) is 17.7 Å². The summed E-state index contributed by atoms with van der Waals surface area (Å²) < 4.78 is 80.2. The van der Waals surface area contributed by atoms with E-state index in [2.05, 4.69) is 5.32 Å². The highest BCUT2D eigenvalue weighted by Gasteiger charge is 2.37. The molecule has 11 heteroatoms. The Labute approximate surface area is 238 Å². The van der Waals surface area contributed by atoms with Gasteiger partial charge in [0.1, 0.15) is 0 Å². The molecule has 3 rings (SSSR count). The minimum absolute atomic E-state index is 0.00783. The van der Waals surface area contributed by atoms with Gasteiger partial charge in [-0.1, -0.05) is 75.4 Å². The highest BCUT2D eigenvalue weighted by atomic mass is 19.4. The molecule has 0 aliphatic rings. The van der Waals surface area contributed by atoms with E-state index in [0.717, 1.165) is 17.2 Å². The Morgan fingerprint density at radius 2 is 1.33 bits per heavy atom. The number of benzene rings is 3. The fraction of sp³-hybridized carbons (Fsp3) is 0.226. The average Bonchev–Trinajstić information content (AvgIpc) is 2.89. The normalized spacial score (nSPS) is 12.6. The number of rotatable bonds is 7. The number of carboxylic acids is 1. The second-order valence-electron chi connectivity index (χ2n) is 10.4. The number of urea groups is 1. The van der Waals surface area contributed by atoms with Gasteiger partial charge in [0.25, 0.3) is 0 Å². The van der Waals surface area contributed by atoms with Crippen molar-refractivity contribution in [2.24, 2.45) is 0 Å².